The maximum atomic E-state index is 12.4. The molecule has 6 nitrogen and oxygen atoms in total. The van der Waals surface area contributed by atoms with Crippen molar-refractivity contribution in [3.8, 4) is 0 Å². The molecule has 110 valence electrons. The molecular weight excluding hydrogens is 274 g/mol. The van der Waals surface area contributed by atoms with Gasteiger partial charge in [0.1, 0.15) is 5.82 Å². The number of aryl methyl sites for hydroxylation is 1. The van der Waals surface area contributed by atoms with Gasteiger partial charge in [0.2, 0.25) is 11.0 Å². The molecule has 1 amide bonds. The van der Waals surface area contributed by atoms with Gasteiger partial charge in [-0.1, -0.05) is 0 Å². The summed E-state index contributed by atoms with van der Waals surface area (Å²) in [6.07, 6.45) is 1.99. The first-order valence-electron chi connectivity index (χ1n) is 7.29. The van der Waals surface area contributed by atoms with Gasteiger partial charge in [0, 0.05) is 44.3 Å². The highest BCUT2D eigenvalue weighted by Crippen LogP contribution is 2.20. The van der Waals surface area contributed by atoms with E-state index in [0.29, 0.717) is 5.91 Å². The number of amides is 1. The lowest BCUT2D eigenvalue weighted by atomic mass is 10.1. The summed E-state index contributed by atoms with van der Waals surface area (Å²) in [7, 11) is 0. The molecule has 1 N–H and O–H groups in total. The molecule has 3 heterocycles. The van der Waals surface area contributed by atoms with Crippen molar-refractivity contribution in [3.63, 3.8) is 0 Å². The molecule has 1 unspecified atom stereocenters. The van der Waals surface area contributed by atoms with E-state index in [4.69, 9.17) is 0 Å². The third-order valence-corrected chi connectivity index (χ3v) is 4.87. The van der Waals surface area contributed by atoms with Crippen LogP contribution in [0.4, 0.5) is 5.13 Å². The van der Waals surface area contributed by atoms with Gasteiger partial charge in [-0.3, -0.25) is 4.79 Å². The van der Waals surface area contributed by atoms with Crippen molar-refractivity contribution in [1.29, 1.82) is 0 Å². The molecule has 2 aliphatic heterocycles. The first kappa shape index (κ1) is 13.8. The molecule has 0 spiro atoms. The third-order valence-electron chi connectivity index (χ3n) is 4.00. The molecular formula is C13H21N5OS. The summed E-state index contributed by atoms with van der Waals surface area (Å²) in [6, 6.07) is 0. The van der Waals surface area contributed by atoms with Crippen LogP contribution in [0.25, 0.3) is 0 Å². The monoisotopic (exact) mass is 295 g/mol. The maximum absolute atomic E-state index is 12.4. The minimum atomic E-state index is 0.185. The highest BCUT2D eigenvalue weighted by atomic mass is 32.1. The molecule has 0 saturated carbocycles. The van der Waals surface area contributed by atoms with Gasteiger partial charge in [-0.05, 0) is 26.3 Å². The van der Waals surface area contributed by atoms with Gasteiger partial charge in [-0.2, -0.15) is 4.37 Å². The van der Waals surface area contributed by atoms with Gasteiger partial charge in [-0.25, -0.2) is 4.98 Å². The number of hydrogen-bond donors (Lipinski definition) is 1. The Kier molecular flexibility index (Phi) is 4.16. The van der Waals surface area contributed by atoms with Crippen LogP contribution in [0.5, 0.6) is 0 Å². The van der Waals surface area contributed by atoms with E-state index in [1.54, 1.807) is 0 Å². The number of nitrogens with zero attached hydrogens (tertiary/aromatic N) is 4. The van der Waals surface area contributed by atoms with Crippen LogP contribution in [0.2, 0.25) is 0 Å². The summed E-state index contributed by atoms with van der Waals surface area (Å²) in [5.74, 6) is 1.34. The number of carbonyl (C=O) groups excluding carboxylic acids is 1. The Hall–Kier alpha value is -1.21. The molecule has 0 radical (unpaired) electrons. The standard InChI is InChI=1S/C13H21N5OS/c1-10-15-13(20-16-10)18-6-2-5-17(7-8-18)12(19)11-3-4-14-9-11/h11,14H,2-9H2,1H3. The lowest BCUT2D eigenvalue weighted by Gasteiger charge is -2.24. The fraction of sp³-hybridized carbons (Fsp3) is 0.769. The predicted octanol–water partition coefficient (Wildman–Crippen LogP) is 0.495. The summed E-state index contributed by atoms with van der Waals surface area (Å²) in [4.78, 5) is 21.2. The van der Waals surface area contributed by atoms with Crippen LogP contribution in [0.15, 0.2) is 0 Å². The van der Waals surface area contributed by atoms with Crippen LogP contribution in [-0.2, 0) is 4.79 Å². The lowest BCUT2D eigenvalue weighted by molar-refractivity contribution is -0.134. The van der Waals surface area contributed by atoms with E-state index in [9.17, 15) is 4.79 Å². The van der Waals surface area contributed by atoms with E-state index >= 15 is 0 Å². The van der Waals surface area contributed by atoms with Crippen LogP contribution in [-0.4, -0.2) is 59.4 Å². The molecule has 0 aliphatic carbocycles. The summed E-state index contributed by atoms with van der Waals surface area (Å²) in [6.45, 7) is 7.22. The number of hydrogen-bond acceptors (Lipinski definition) is 6. The Morgan fingerprint density at radius 1 is 1.35 bits per heavy atom. The van der Waals surface area contributed by atoms with Gasteiger partial charge in [0.25, 0.3) is 0 Å². The van der Waals surface area contributed by atoms with Crippen molar-refractivity contribution in [3.05, 3.63) is 5.82 Å². The molecule has 20 heavy (non-hydrogen) atoms. The largest absolute Gasteiger partial charge is 0.345 e. The van der Waals surface area contributed by atoms with Crippen LogP contribution in [0.1, 0.15) is 18.7 Å². The van der Waals surface area contributed by atoms with Crippen LogP contribution < -0.4 is 10.2 Å². The number of nitrogens with one attached hydrogen (secondary N) is 1. The molecule has 7 heteroatoms. The molecule has 0 aromatic carbocycles. The molecule has 2 fully saturated rings. The first-order chi connectivity index (χ1) is 9.74. The SMILES string of the molecule is Cc1nsc(N2CCCN(C(=O)C3CCNC3)CC2)n1. The highest BCUT2D eigenvalue weighted by molar-refractivity contribution is 7.09. The van der Waals surface area contributed by atoms with Crippen molar-refractivity contribution in [2.24, 2.45) is 5.92 Å². The second kappa shape index (κ2) is 6.05. The Morgan fingerprint density at radius 2 is 2.25 bits per heavy atom. The van der Waals surface area contributed by atoms with E-state index in [-0.39, 0.29) is 5.92 Å². The Labute approximate surface area is 123 Å². The summed E-state index contributed by atoms with van der Waals surface area (Å²) in [5, 5.41) is 4.26. The number of carbonyl (C=O) groups is 1. The Bertz CT molecular complexity index is 471. The Morgan fingerprint density at radius 3 is 2.95 bits per heavy atom. The third kappa shape index (κ3) is 2.93. The smallest absolute Gasteiger partial charge is 0.227 e. The zero-order chi connectivity index (χ0) is 13.9. The predicted molar refractivity (Wildman–Crippen MR) is 79.0 cm³/mol. The van der Waals surface area contributed by atoms with Gasteiger partial charge >= 0.3 is 0 Å². The van der Waals surface area contributed by atoms with Crippen LogP contribution in [0.3, 0.4) is 0 Å². The highest BCUT2D eigenvalue weighted by Gasteiger charge is 2.28. The first-order valence-corrected chi connectivity index (χ1v) is 8.06. The number of anilines is 1. The molecule has 1 atom stereocenters. The van der Waals surface area contributed by atoms with Gasteiger partial charge in [0.05, 0.1) is 5.92 Å². The quantitative estimate of drug-likeness (QED) is 0.860. The summed E-state index contributed by atoms with van der Waals surface area (Å²) < 4.78 is 4.24. The summed E-state index contributed by atoms with van der Waals surface area (Å²) >= 11 is 1.45. The normalized spacial score (nSPS) is 23.9. The van der Waals surface area contributed by atoms with Gasteiger partial charge in [0.15, 0.2) is 0 Å². The van der Waals surface area contributed by atoms with Crippen LogP contribution >= 0.6 is 11.5 Å². The van der Waals surface area contributed by atoms with Crippen molar-refractivity contribution in [2.75, 3.05) is 44.2 Å². The van der Waals surface area contributed by atoms with Gasteiger partial charge in [-0.15, -0.1) is 0 Å². The van der Waals surface area contributed by atoms with E-state index in [1.165, 1.54) is 11.5 Å². The van der Waals surface area contributed by atoms with Crippen molar-refractivity contribution < 1.29 is 4.79 Å². The molecule has 3 rings (SSSR count). The topological polar surface area (TPSA) is 61.4 Å². The van der Waals surface area contributed by atoms with E-state index < -0.39 is 0 Å². The Balaban J connectivity index is 1.60. The van der Waals surface area contributed by atoms with E-state index in [2.05, 4.69) is 19.6 Å². The van der Waals surface area contributed by atoms with Gasteiger partial charge < -0.3 is 15.1 Å². The average molecular weight is 295 g/mol. The minimum Gasteiger partial charge on any atom is -0.345 e. The summed E-state index contributed by atoms with van der Waals surface area (Å²) in [5.41, 5.74) is 0. The fourth-order valence-electron chi connectivity index (χ4n) is 2.87. The fourth-order valence-corrected chi connectivity index (χ4v) is 3.59. The lowest BCUT2D eigenvalue weighted by Crippen LogP contribution is -2.39. The molecule has 2 aliphatic rings. The zero-order valence-electron chi connectivity index (χ0n) is 11.8. The molecule has 1 aromatic rings. The minimum absolute atomic E-state index is 0.185. The van der Waals surface area contributed by atoms with Crippen LogP contribution in [0, 0.1) is 12.8 Å². The molecule has 2 saturated heterocycles. The van der Waals surface area contributed by atoms with E-state index in [0.717, 1.165) is 63.1 Å². The zero-order valence-corrected chi connectivity index (χ0v) is 12.7. The number of rotatable bonds is 2. The number of aromatic nitrogens is 2. The van der Waals surface area contributed by atoms with E-state index in [1.807, 2.05) is 11.8 Å². The second-order valence-corrected chi connectivity index (χ2v) is 6.21. The van der Waals surface area contributed by atoms with Crippen molar-refractivity contribution in [1.82, 2.24) is 19.6 Å². The van der Waals surface area contributed by atoms with Crippen molar-refractivity contribution in [2.45, 2.75) is 19.8 Å². The average Bonchev–Trinajstić information content (AvgIpc) is 3.05. The maximum Gasteiger partial charge on any atom is 0.227 e. The van der Waals surface area contributed by atoms with Crippen molar-refractivity contribution >= 4 is 22.6 Å². The second-order valence-electron chi connectivity index (χ2n) is 5.48. The molecule has 1 aromatic heterocycles. The molecule has 0 bridgehead atoms.